The van der Waals surface area contributed by atoms with Crippen molar-refractivity contribution in [3.63, 3.8) is 0 Å². The number of nitrogens with zero attached hydrogens (tertiary/aromatic N) is 1. The molecule has 1 aromatic carbocycles. The average molecular weight is 274 g/mol. The van der Waals surface area contributed by atoms with Gasteiger partial charge in [0.2, 0.25) is 5.91 Å². The Morgan fingerprint density at radius 2 is 2.10 bits per heavy atom. The highest BCUT2D eigenvalue weighted by Crippen LogP contribution is 2.27. The van der Waals surface area contributed by atoms with E-state index in [-0.39, 0.29) is 17.9 Å². The molecule has 1 amide bonds. The second-order valence-electron chi connectivity index (χ2n) is 5.15. The predicted octanol–water partition coefficient (Wildman–Crippen LogP) is 2.94. The summed E-state index contributed by atoms with van der Waals surface area (Å²) in [6.07, 6.45) is 0.756. The number of amides is 1. The van der Waals surface area contributed by atoms with Crippen LogP contribution in [0.25, 0.3) is 11.0 Å². The summed E-state index contributed by atoms with van der Waals surface area (Å²) in [5, 5.41) is 1.06. The normalized spacial score (nSPS) is 14.2. The van der Waals surface area contributed by atoms with Gasteiger partial charge in [0.1, 0.15) is 11.3 Å². The van der Waals surface area contributed by atoms with E-state index in [1.165, 1.54) is 0 Å². The molecule has 1 aromatic heterocycles. The van der Waals surface area contributed by atoms with Crippen LogP contribution in [0.5, 0.6) is 0 Å². The Balaban J connectivity index is 2.21. The average Bonchev–Trinajstić information content (AvgIpc) is 2.90. The lowest BCUT2D eigenvalue weighted by atomic mass is 10.0. The summed E-state index contributed by atoms with van der Waals surface area (Å²) in [6.45, 7) is 4.33. The molecule has 1 heterocycles. The van der Waals surface area contributed by atoms with Crippen molar-refractivity contribution in [1.82, 2.24) is 4.90 Å². The SMILES string of the molecule is CCC(CN)C(=O)N(C)C(C)c1cc2ccccc2o1. The van der Waals surface area contributed by atoms with Gasteiger partial charge in [0.25, 0.3) is 0 Å². The highest BCUT2D eigenvalue weighted by Gasteiger charge is 2.25. The van der Waals surface area contributed by atoms with E-state index in [9.17, 15) is 4.79 Å². The summed E-state index contributed by atoms with van der Waals surface area (Å²) in [7, 11) is 1.80. The van der Waals surface area contributed by atoms with E-state index < -0.39 is 0 Å². The van der Waals surface area contributed by atoms with E-state index in [0.717, 1.165) is 23.2 Å². The van der Waals surface area contributed by atoms with Crippen LogP contribution in [0.3, 0.4) is 0 Å². The lowest BCUT2D eigenvalue weighted by molar-refractivity contribution is -0.136. The van der Waals surface area contributed by atoms with E-state index in [4.69, 9.17) is 10.2 Å². The minimum atomic E-state index is -0.119. The lowest BCUT2D eigenvalue weighted by Gasteiger charge is -2.26. The Morgan fingerprint density at radius 3 is 2.70 bits per heavy atom. The molecule has 2 aromatic rings. The smallest absolute Gasteiger partial charge is 0.227 e. The van der Waals surface area contributed by atoms with Crippen LogP contribution in [0.1, 0.15) is 32.1 Å². The van der Waals surface area contributed by atoms with Crippen LogP contribution < -0.4 is 5.73 Å². The Morgan fingerprint density at radius 1 is 1.40 bits per heavy atom. The fourth-order valence-electron chi connectivity index (χ4n) is 2.32. The van der Waals surface area contributed by atoms with Crippen molar-refractivity contribution in [3.8, 4) is 0 Å². The highest BCUT2D eigenvalue weighted by molar-refractivity contribution is 5.80. The second kappa shape index (κ2) is 6.09. The molecule has 0 radical (unpaired) electrons. The number of furan rings is 1. The molecule has 2 unspecified atom stereocenters. The van der Waals surface area contributed by atoms with Crippen molar-refractivity contribution >= 4 is 16.9 Å². The van der Waals surface area contributed by atoms with Crippen molar-refractivity contribution in [2.24, 2.45) is 11.7 Å². The van der Waals surface area contributed by atoms with Crippen LogP contribution >= 0.6 is 0 Å². The van der Waals surface area contributed by atoms with Gasteiger partial charge in [-0.05, 0) is 25.5 Å². The van der Waals surface area contributed by atoms with Crippen LogP contribution in [0.4, 0.5) is 0 Å². The Kier molecular flexibility index (Phi) is 4.45. The number of benzene rings is 1. The molecule has 4 nitrogen and oxygen atoms in total. The fraction of sp³-hybridized carbons (Fsp3) is 0.438. The van der Waals surface area contributed by atoms with Crippen LogP contribution in [-0.4, -0.2) is 24.4 Å². The maximum Gasteiger partial charge on any atom is 0.227 e. The zero-order valence-electron chi connectivity index (χ0n) is 12.3. The fourth-order valence-corrected chi connectivity index (χ4v) is 2.32. The van der Waals surface area contributed by atoms with E-state index in [0.29, 0.717) is 6.54 Å². The molecule has 0 fully saturated rings. The van der Waals surface area contributed by atoms with Crippen LogP contribution in [0.2, 0.25) is 0 Å². The van der Waals surface area contributed by atoms with Crippen molar-refractivity contribution < 1.29 is 9.21 Å². The van der Waals surface area contributed by atoms with E-state index in [1.54, 1.807) is 11.9 Å². The molecule has 0 aliphatic rings. The van der Waals surface area contributed by atoms with Gasteiger partial charge in [0.05, 0.1) is 12.0 Å². The molecular weight excluding hydrogens is 252 g/mol. The Bertz CT molecular complexity index is 554. The number of nitrogens with two attached hydrogens (primary N) is 1. The van der Waals surface area contributed by atoms with Gasteiger partial charge in [-0.25, -0.2) is 0 Å². The standard InChI is InChI=1S/C16H22N2O2/c1-4-12(10-17)16(19)18(3)11(2)15-9-13-7-5-6-8-14(13)20-15/h5-9,11-12H,4,10,17H2,1-3H3. The third kappa shape index (κ3) is 2.70. The Hall–Kier alpha value is -1.81. The molecule has 0 bridgehead atoms. The summed E-state index contributed by atoms with van der Waals surface area (Å²) < 4.78 is 5.82. The van der Waals surface area contributed by atoms with E-state index in [1.807, 2.05) is 44.2 Å². The minimum absolute atomic E-state index is 0.0722. The van der Waals surface area contributed by atoms with Crippen molar-refractivity contribution in [3.05, 3.63) is 36.1 Å². The summed E-state index contributed by atoms with van der Waals surface area (Å²) in [5.74, 6) is 0.753. The molecule has 0 aliphatic heterocycles. The maximum atomic E-state index is 12.3. The van der Waals surface area contributed by atoms with Gasteiger partial charge in [0, 0.05) is 19.0 Å². The van der Waals surface area contributed by atoms with Gasteiger partial charge in [-0.2, -0.15) is 0 Å². The lowest BCUT2D eigenvalue weighted by Crippen LogP contribution is -2.37. The van der Waals surface area contributed by atoms with Gasteiger partial charge in [-0.1, -0.05) is 25.1 Å². The number of fused-ring (bicyclic) bond motifs is 1. The molecule has 108 valence electrons. The number of hydrogen-bond acceptors (Lipinski definition) is 3. The molecule has 0 aliphatic carbocycles. The largest absolute Gasteiger partial charge is 0.459 e. The first-order chi connectivity index (χ1) is 9.58. The monoisotopic (exact) mass is 274 g/mol. The van der Waals surface area contributed by atoms with E-state index >= 15 is 0 Å². The first-order valence-electron chi connectivity index (χ1n) is 7.03. The zero-order valence-corrected chi connectivity index (χ0v) is 12.3. The van der Waals surface area contributed by atoms with Gasteiger partial charge < -0.3 is 15.1 Å². The number of carbonyl (C=O) groups is 1. The Labute approximate surface area is 119 Å². The molecule has 2 N–H and O–H groups in total. The van der Waals surface area contributed by atoms with Gasteiger partial charge >= 0.3 is 0 Å². The summed E-state index contributed by atoms with van der Waals surface area (Å²) >= 11 is 0. The molecule has 0 saturated heterocycles. The third-order valence-corrected chi connectivity index (χ3v) is 3.91. The second-order valence-corrected chi connectivity index (χ2v) is 5.15. The van der Waals surface area contributed by atoms with Crippen molar-refractivity contribution in [2.75, 3.05) is 13.6 Å². The topological polar surface area (TPSA) is 59.5 Å². The van der Waals surface area contributed by atoms with Crippen LogP contribution in [0, 0.1) is 5.92 Å². The summed E-state index contributed by atoms with van der Waals surface area (Å²) in [6, 6.07) is 9.75. The highest BCUT2D eigenvalue weighted by atomic mass is 16.3. The van der Waals surface area contributed by atoms with Crippen molar-refractivity contribution in [2.45, 2.75) is 26.3 Å². The number of hydrogen-bond donors (Lipinski definition) is 1. The molecule has 2 rings (SSSR count). The molecular formula is C16H22N2O2. The molecule has 0 saturated carbocycles. The summed E-state index contributed by atoms with van der Waals surface area (Å²) in [5.41, 5.74) is 6.50. The van der Waals surface area contributed by atoms with Gasteiger partial charge in [-0.3, -0.25) is 4.79 Å². The molecule has 2 atom stereocenters. The number of rotatable bonds is 5. The number of carbonyl (C=O) groups excluding carboxylic acids is 1. The number of para-hydroxylation sites is 1. The van der Waals surface area contributed by atoms with Gasteiger partial charge in [-0.15, -0.1) is 0 Å². The molecule has 20 heavy (non-hydrogen) atoms. The van der Waals surface area contributed by atoms with Crippen LogP contribution in [0.15, 0.2) is 34.7 Å². The predicted molar refractivity (Wildman–Crippen MR) is 80.2 cm³/mol. The minimum Gasteiger partial charge on any atom is -0.459 e. The maximum absolute atomic E-state index is 12.3. The van der Waals surface area contributed by atoms with E-state index in [2.05, 4.69) is 0 Å². The van der Waals surface area contributed by atoms with Gasteiger partial charge in [0.15, 0.2) is 0 Å². The first-order valence-corrected chi connectivity index (χ1v) is 7.03. The molecule has 0 spiro atoms. The first kappa shape index (κ1) is 14.6. The van der Waals surface area contributed by atoms with Crippen LogP contribution in [-0.2, 0) is 4.79 Å². The third-order valence-electron chi connectivity index (χ3n) is 3.91. The quantitative estimate of drug-likeness (QED) is 0.912. The zero-order chi connectivity index (χ0) is 14.7. The summed E-state index contributed by atoms with van der Waals surface area (Å²) in [4.78, 5) is 14.1. The van der Waals surface area contributed by atoms with Crippen molar-refractivity contribution in [1.29, 1.82) is 0 Å². The molecule has 4 heteroatoms.